The SMILES string of the molecule is CO[C@@H](/C=C/C[C@H](C)CS(=O)(=NC(=O)c1ccc2c(c1)N(C)Cc1ccc(Cl)cc1CCCCO2)NC(=O)c1cc2n(c1)CCOC2)[C@@H]1CC[C@H]1C. The molecule has 0 radical (unpaired) electrons. The number of nitrogens with zero attached hydrogens (tertiary/aromatic N) is 3. The third-order valence-corrected chi connectivity index (χ3v) is 12.7. The number of allylic oxidation sites excluding steroid dienone is 1. The van der Waals surface area contributed by atoms with Crippen LogP contribution in [0, 0.1) is 17.8 Å². The van der Waals surface area contributed by atoms with E-state index in [1.165, 1.54) is 12.0 Å². The van der Waals surface area contributed by atoms with E-state index in [1.807, 2.05) is 41.6 Å². The lowest BCUT2D eigenvalue weighted by Crippen LogP contribution is -2.35. The van der Waals surface area contributed by atoms with E-state index in [0.29, 0.717) is 73.2 Å². The van der Waals surface area contributed by atoms with Crippen molar-refractivity contribution >= 4 is 39.0 Å². The van der Waals surface area contributed by atoms with Gasteiger partial charge in [-0.15, -0.1) is 4.36 Å². The van der Waals surface area contributed by atoms with Crippen molar-refractivity contribution in [1.29, 1.82) is 0 Å². The summed E-state index contributed by atoms with van der Waals surface area (Å²) in [5.41, 5.74) is 4.52. The molecule has 3 heterocycles. The number of nitrogens with one attached hydrogen (secondary N) is 1. The third kappa shape index (κ3) is 9.28. The van der Waals surface area contributed by atoms with E-state index >= 15 is 0 Å². The number of carbonyl (C=O) groups excluding carboxylic acids is 2. The Hall–Kier alpha value is -3.64. The minimum Gasteiger partial charge on any atom is -0.491 e. The molecule has 1 N–H and O–H groups in total. The molecule has 0 bridgehead atoms. The van der Waals surface area contributed by atoms with Gasteiger partial charge in [0.2, 0.25) is 0 Å². The number of amides is 2. The molecule has 52 heavy (non-hydrogen) atoms. The Morgan fingerprint density at radius 2 is 1.96 bits per heavy atom. The summed E-state index contributed by atoms with van der Waals surface area (Å²) in [6, 6.07) is 12.8. The van der Waals surface area contributed by atoms with Crippen molar-refractivity contribution in [3.05, 3.63) is 93.8 Å². The maximum Gasteiger partial charge on any atom is 0.286 e. The molecule has 12 heteroatoms. The van der Waals surface area contributed by atoms with Crippen LogP contribution in [0.5, 0.6) is 5.75 Å². The average molecular weight is 751 g/mol. The molecule has 3 aromatic rings. The molecule has 2 amide bonds. The highest BCUT2D eigenvalue weighted by atomic mass is 35.5. The van der Waals surface area contributed by atoms with Crippen LogP contribution in [0.1, 0.15) is 83.5 Å². The molecule has 10 nitrogen and oxygen atoms in total. The molecule has 3 aliphatic rings. The van der Waals surface area contributed by atoms with Crippen LogP contribution in [0.3, 0.4) is 0 Å². The second-order valence-electron chi connectivity index (χ2n) is 14.5. The maximum absolute atomic E-state index is 14.7. The van der Waals surface area contributed by atoms with Gasteiger partial charge in [-0.25, -0.2) is 4.21 Å². The third-order valence-electron chi connectivity index (χ3n) is 10.5. The van der Waals surface area contributed by atoms with Crippen molar-refractivity contribution in [2.75, 3.05) is 38.0 Å². The van der Waals surface area contributed by atoms with Gasteiger partial charge in [-0.2, -0.15) is 0 Å². The van der Waals surface area contributed by atoms with Gasteiger partial charge in [0.15, 0.2) is 0 Å². The first kappa shape index (κ1) is 38.1. The molecule has 1 saturated carbocycles. The lowest BCUT2D eigenvalue weighted by atomic mass is 9.71. The second-order valence-corrected chi connectivity index (χ2v) is 17.0. The summed E-state index contributed by atoms with van der Waals surface area (Å²) in [6.45, 7) is 6.88. The Morgan fingerprint density at radius 3 is 2.71 bits per heavy atom. The number of benzene rings is 2. The van der Waals surface area contributed by atoms with Gasteiger partial charge >= 0.3 is 0 Å². The Morgan fingerprint density at radius 1 is 1.12 bits per heavy atom. The molecule has 6 rings (SSSR count). The van der Waals surface area contributed by atoms with E-state index in [0.717, 1.165) is 36.9 Å². The van der Waals surface area contributed by atoms with Crippen molar-refractivity contribution in [1.82, 2.24) is 9.29 Å². The number of halogens is 1. The fraction of sp³-hybridized carbons (Fsp3) is 0.500. The largest absolute Gasteiger partial charge is 0.491 e. The number of carbonyl (C=O) groups is 2. The number of aryl methyl sites for hydroxylation is 1. The van der Waals surface area contributed by atoms with Crippen LogP contribution in [0.4, 0.5) is 5.69 Å². The molecule has 5 atom stereocenters. The lowest BCUT2D eigenvalue weighted by Gasteiger charge is -2.38. The Bertz CT molecular complexity index is 1890. The average Bonchev–Trinajstić information content (AvgIpc) is 3.55. The molecule has 0 spiro atoms. The number of aromatic nitrogens is 1. The summed E-state index contributed by atoms with van der Waals surface area (Å²) in [7, 11) is 0.127. The Balaban J connectivity index is 1.27. The predicted molar refractivity (Wildman–Crippen MR) is 205 cm³/mol. The molecule has 2 aromatic carbocycles. The van der Waals surface area contributed by atoms with E-state index in [2.05, 4.69) is 28.2 Å². The number of hydrogen-bond acceptors (Lipinski definition) is 7. The zero-order valence-corrected chi connectivity index (χ0v) is 32.2. The normalized spacial score (nSPS) is 21.2. The van der Waals surface area contributed by atoms with Crippen LogP contribution in [-0.4, -0.2) is 59.8 Å². The molecular weight excluding hydrogens is 700 g/mol. The number of ether oxygens (including phenoxy) is 3. The van der Waals surface area contributed by atoms with Gasteiger partial charge in [0.1, 0.15) is 15.7 Å². The number of methoxy groups -OCH3 is 1. The highest BCUT2D eigenvalue weighted by Gasteiger charge is 2.32. The first-order chi connectivity index (χ1) is 25.0. The van der Waals surface area contributed by atoms with Crippen molar-refractivity contribution in [2.45, 2.75) is 78.2 Å². The second kappa shape index (κ2) is 17.0. The van der Waals surface area contributed by atoms with Crippen LogP contribution in [0.15, 0.2) is 65.2 Å². The molecule has 0 saturated heterocycles. The van der Waals surface area contributed by atoms with Crippen molar-refractivity contribution in [2.24, 2.45) is 22.1 Å². The molecule has 1 unspecified atom stereocenters. The van der Waals surface area contributed by atoms with Crippen LogP contribution < -0.4 is 14.4 Å². The van der Waals surface area contributed by atoms with Crippen LogP contribution in [-0.2, 0) is 45.5 Å². The molecule has 1 aliphatic carbocycles. The Labute approximate surface area is 313 Å². The standard InChI is InChI=1S/C40H51ClN4O6S/c1-27(8-7-10-37(49-4)35-15-11-28(35)2)26-52(48,43-40(47)32-21-34-25-50-19-17-45(34)24-32)42-39(46)30-13-16-38-36(22-30)44(3)23-31-12-14-33(41)20-29(31)9-5-6-18-51-38/h7,10,12-14,16,20-22,24,27-28,35,37H,5-6,8-9,11,15,17-19,23,25-26H2,1-4H3,(H,42,43,46,47,48)/b10-7+/t27-,28+,35+,37-,52?/m0/s1. The van der Waals surface area contributed by atoms with E-state index in [1.54, 1.807) is 37.6 Å². The van der Waals surface area contributed by atoms with Crippen molar-refractivity contribution in [3.63, 3.8) is 0 Å². The minimum atomic E-state index is -3.55. The predicted octanol–water partition coefficient (Wildman–Crippen LogP) is 7.62. The summed E-state index contributed by atoms with van der Waals surface area (Å²) in [6.07, 6.45) is 11.6. The van der Waals surface area contributed by atoms with E-state index < -0.39 is 21.7 Å². The van der Waals surface area contributed by atoms with Gasteiger partial charge in [-0.1, -0.05) is 43.7 Å². The Kier molecular flexibility index (Phi) is 12.5. The summed E-state index contributed by atoms with van der Waals surface area (Å²) in [5.74, 6) is 0.385. The molecule has 2 aliphatic heterocycles. The zero-order valence-electron chi connectivity index (χ0n) is 30.6. The minimum absolute atomic E-state index is 0.00370. The van der Waals surface area contributed by atoms with E-state index in [4.69, 9.17) is 25.8 Å². The number of anilines is 1. The van der Waals surface area contributed by atoms with Crippen molar-refractivity contribution < 1.29 is 28.0 Å². The first-order valence-electron chi connectivity index (χ1n) is 18.3. The van der Waals surface area contributed by atoms with Gasteiger partial charge in [0.25, 0.3) is 11.8 Å². The van der Waals surface area contributed by atoms with E-state index in [9.17, 15) is 13.8 Å². The highest BCUT2D eigenvalue weighted by Crippen LogP contribution is 2.38. The number of hydrogen-bond donors (Lipinski definition) is 1. The van der Waals surface area contributed by atoms with Crippen LogP contribution in [0.2, 0.25) is 5.02 Å². The molecule has 1 fully saturated rings. The van der Waals surface area contributed by atoms with E-state index in [-0.39, 0.29) is 23.3 Å². The number of fused-ring (bicyclic) bond motifs is 3. The lowest BCUT2D eigenvalue weighted by molar-refractivity contribution is 0.0178. The monoisotopic (exact) mass is 750 g/mol. The van der Waals surface area contributed by atoms with Crippen LogP contribution >= 0.6 is 11.6 Å². The van der Waals surface area contributed by atoms with Crippen molar-refractivity contribution in [3.8, 4) is 5.75 Å². The number of rotatable bonds is 10. The molecule has 1 aromatic heterocycles. The maximum atomic E-state index is 14.7. The summed E-state index contributed by atoms with van der Waals surface area (Å²) in [4.78, 5) is 29.6. The van der Waals surface area contributed by atoms with Gasteiger partial charge in [0.05, 0.1) is 42.9 Å². The summed E-state index contributed by atoms with van der Waals surface area (Å²) < 4.78 is 41.1. The van der Waals surface area contributed by atoms with Crippen LogP contribution in [0.25, 0.3) is 0 Å². The summed E-state index contributed by atoms with van der Waals surface area (Å²) in [5, 5.41) is 0.705. The smallest absolute Gasteiger partial charge is 0.286 e. The fourth-order valence-electron chi connectivity index (χ4n) is 7.31. The quantitative estimate of drug-likeness (QED) is 0.212. The van der Waals surface area contributed by atoms with Gasteiger partial charge in [0, 0.05) is 49.7 Å². The van der Waals surface area contributed by atoms with Gasteiger partial charge < -0.3 is 23.7 Å². The molecule has 280 valence electrons. The highest BCUT2D eigenvalue weighted by molar-refractivity contribution is 7.92. The fourth-order valence-corrected chi connectivity index (χ4v) is 9.39. The first-order valence-corrected chi connectivity index (χ1v) is 20.4. The topological polar surface area (TPSA) is 111 Å². The van der Waals surface area contributed by atoms with Gasteiger partial charge in [-0.3, -0.25) is 14.3 Å². The zero-order chi connectivity index (χ0) is 36.8. The van der Waals surface area contributed by atoms with Gasteiger partial charge in [-0.05, 0) is 104 Å². The molecular formula is C40H51ClN4O6S. The summed E-state index contributed by atoms with van der Waals surface area (Å²) >= 11 is 6.34.